The first kappa shape index (κ1) is 12.4. The number of benzene rings is 1. The lowest BCUT2D eigenvalue weighted by atomic mass is 10.3. The summed E-state index contributed by atoms with van der Waals surface area (Å²) in [5.74, 6) is 0.388. The molecule has 2 N–H and O–H groups in total. The first-order chi connectivity index (χ1) is 8.74. The Kier molecular flexibility index (Phi) is 4.15. The third-order valence-electron chi connectivity index (χ3n) is 2.17. The number of aromatic nitrogens is 1. The molecule has 4 nitrogen and oxygen atoms in total. The van der Waals surface area contributed by atoms with E-state index in [1.54, 1.807) is 48.8 Å². The zero-order valence-electron chi connectivity index (χ0n) is 9.52. The Morgan fingerprint density at radius 3 is 2.72 bits per heavy atom. The van der Waals surface area contributed by atoms with Crippen LogP contribution >= 0.6 is 11.6 Å². The van der Waals surface area contributed by atoms with Gasteiger partial charge in [0.05, 0.1) is 0 Å². The van der Waals surface area contributed by atoms with E-state index in [-0.39, 0.29) is 12.5 Å². The summed E-state index contributed by atoms with van der Waals surface area (Å²) in [5.41, 5.74) is 0.696. The maximum atomic E-state index is 11.6. The number of halogens is 1. The lowest BCUT2D eigenvalue weighted by molar-refractivity contribution is -0.377. The molecule has 0 fully saturated rings. The number of pyridine rings is 1. The smallest absolute Gasteiger partial charge is 0.262 e. The molecule has 1 heterocycles. The summed E-state index contributed by atoms with van der Waals surface area (Å²) in [4.78, 5) is 14.5. The second-order valence-corrected chi connectivity index (χ2v) is 4.02. The SMILES string of the molecule is O=C(COc1ccc(Cl)cc1)Nc1ccc[nH+]c1. The van der Waals surface area contributed by atoms with E-state index in [0.717, 1.165) is 0 Å². The Bertz CT molecular complexity index is 514. The normalized spacial score (nSPS) is 9.83. The van der Waals surface area contributed by atoms with E-state index in [4.69, 9.17) is 16.3 Å². The monoisotopic (exact) mass is 263 g/mol. The van der Waals surface area contributed by atoms with Crippen molar-refractivity contribution in [3.63, 3.8) is 0 Å². The van der Waals surface area contributed by atoms with Crippen LogP contribution in [0.5, 0.6) is 5.75 Å². The van der Waals surface area contributed by atoms with E-state index in [1.807, 2.05) is 0 Å². The molecule has 2 rings (SSSR count). The average molecular weight is 264 g/mol. The van der Waals surface area contributed by atoms with Crippen LogP contribution in [0.25, 0.3) is 0 Å². The van der Waals surface area contributed by atoms with Crippen LogP contribution in [-0.4, -0.2) is 12.5 Å². The molecule has 0 radical (unpaired) electrons. The maximum Gasteiger partial charge on any atom is 0.262 e. The standard InChI is InChI=1S/C13H11ClN2O2/c14-10-3-5-12(6-4-10)18-9-13(17)16-11-2-1-7-15-8-11/h1-8H,9H2,(H,16,17)/p+1. The van der Waals surface area contributed by atoms with Gasteiger partial charge >= 0.3 is 0 Å². The highest BCUT2D eigenvalue weighted by Crippen LogP contribution is 2.15. The van der Waals surface area contributed by atoms with E-state index < -0.39 is 0 Å². The van der Waals surface area contributed by atoms with Gasteiger partial charge in [-0.3, -0.25) is 4.79 Å². The Morgan fingerprint density at radius 2 is 2.06 bits per heavy atom. The molecule has 0 spiro atoms. The maximum absolute atomic E-state index is 11.6. The minimum absolute atomic E-state index is 0.0451. The molecule has 1 aromatic heterocycles. The zero-order valence-corrected chi connectivity index (χ0v) is 10.3. The van der Waals surface area contributed by atoms with Crippen LogP contribution in [0.4, 0.5) is 5.69 Å². The highest BCUT2D eigenvalue weighted by Gasteiger charge is 2.04. The molecule has 1 amide bonds. The topological polar surface area (TPSA) is 52.5 Å². The van der Waals surface area contributed by atoms with Gasteiger partial charge in [-0.2, -0.15) is 0 Å². The van der Waals surface area contributed by atoms with Gasteiger partial charge in [0.2, 0.25) is 0 Å². The number of ether oxygens (including phenoxy) is 1. The molecule has 2 aromatic rings. The van der Waals surface area contributed by atoms with Crippen LogP contribution in [0.15, 0.2) is 48.8 Å². The fraction of sp³-hybridized carbons (Fsp3) is 0.0769. The summed E-state index contributed by atoms with van der Waals surface area (Å²) in [6.45, 7) is -0.0451. The number of hydrogen-bond acceptors (Lipinski definition) is 2. The Hall–Kier alpha value is -2.07. The fourth-order valence-electron chi connectivity index (χ4n) is 1.35. The van der Waals surface area contributed by atoms with Crippen molar-refractivity contribution in [3.05, 3.63) is 53.8 Å². The predicted octanol–water partition coefficient (Wildman–Crippen LogP) is 2.17. The van der Waals surface area contributed by atoms with Crippen molar-refractivity contribution in [3.8, 4) is 5.75 Å². The first-order valence-corrected chi connectivity index (χ1v) is 5.76. The summed E-state index contributed by atoms with van der Waals surface area (Å²) in [6.07, 6.45) is 3.46. The number of nitrogens with one attached hydrogen (secondary N) is 2. The van der Waals surface area contributed by atoms with Crippen molar-refractivity contribution < 1.29 is 14.5 Å². The summed E-state index contributed by atoms with van der Waals surface area (Å²) >= 11 is 5.74. The lowest BCUT2D eigenvalue weighted by Crippen LogP contribution is -2.20. The van der Waals surface area contributed by atoms with Crippen molar-refractivity contribution >= 4 is 23.2 Å². The van der Waals surface area contributed by atoms with E-state index in [9.17, 15) is 4.79 Å². The van der Waals surface area contributed by atoms with E-state index in [0.29, 0.717) is 16.5 Å². The van der Waals surface area contributed by atoms with Crippen LogP contribution in [0.3, 0.4) is 0 Å². The molecule has 0 aliphatic heterocycles. The molecule has 1 aromatic carbocycles. The van der Waals surface area contributed by atoms with Gasteiger partial charge in [0, 0.05) is 11.1 Å². The summed E-state index contributed by atoms with van der Waals surface area (Å²) in [7, 11) is 0. The molecule has 0 bridgehead atoms. The number of carbonyl (C=O) groups is 1. The summed E-state index contributed by atoms with van der Waals surface area (Å²) < 4.78 is 5.31. The molecule has 5 heteroatoms. The van der Waals surface area contributed by atoms with E-state index in [2.05, 4.69) is 10.3 Å². The van der Waals surface area contributed by atoms with Crippen molar-refractivity contribution in [1.29, 1.82) is 0 Å². The highest BCUT2D eigenvalue weighted by atomic mass is 35.5. The Labute approximate surface area is 110 Å². The number of rotatable bonds is 4. The number of anilines is 1. The van der Waals surface area contributed by atoms with Gasteiger partial charge in [-0.15, -0.1) is 0 Å². The van der Waals surface area contributed by atoms with Crippen molar-refractivity contribution in [1.82, 2.24) is 0 Å². The minimum atomic E-state index is -0.218. The third kappa shape index (κ3) is 3.75. The van der Waals surface area contributed by atoms with Gasteiger partial charge in [-0.05, 0) is 30.3 Å². The van der Waals surface area contributed by atoms with Gasteiger partial charge in [0.15, 0.2) is 19.0 Å². The molecule has 0 atom stereocenters. The van der Waals surface area contributed by atoms with Crippen molar-refractivity contribution in [2.45, 2.75) is 0 Å². The number of carbonyl (C=O) groups excluding carboxylic acids is 1. The van der Waals surface area contributed by atoms with Crippen LogP contribution in [0.2, 0.25) is 5.02 Å². The Balaban J connectivity index is 1.83. The molecule has 0 aliphatic carbocycles. The first-order valence-electron chi connectivity index (χ1n) is 5.38. The van der Waals surface area contributed by atoms with Crippen molar-refractivity contribution in [2.75, 3.05) is 11.9 Å². The minimum Gasteiger partial charge on any atom is -0.484 e. The number of amides is 1. The molecular formula is C13H12ClN2O2+. The lowest BCUT2D eigenvalue weighted by Gasteiger charge is -2.06. The molecule has 0 aliphatic rings. The average Bonchev–Trinajstić information content (AvgIpc) is 2.39. The van der Waals surface area contributed by atoms with Gasteiger partial charge in [-0.1, -0.05) is 11.6 Å². The van der Waals surface area contributed by atoms with Crippen LogP contribution in [0.1, 0.15) is 0 Å². The summed E-state index contributed by atoms with van der Waals surface area (Å²) in [6, 6.07) is 10.4. The van der Waals surface area contributed by atoms with Gasteiger partial charge < -0.3 is 10.1 Å². The fourth-order valence-corrected chi connectivity index (χ4v) is 1.47. The molecule has 0 saturated heterocycles. The number of aromatic amines is 1. The van der Waals surface area contributed by atoms with E-state index >= 15 is 0 Å². The second-order valence-electron chi connectivity index (χ2n) is 3.58. The molecule has 92 valence electrons. The molecule has 0 saturated carbocycles. The Morgan fingerprint density at radius 1 is 1.28 bits per heavy atom. The predicted molar refractivity (Wildman–Crippen MR) is 68.6 cm³/mol. The zero-order chi connectivity index (χ0) is 12.8. The van der Waals surface area contributed by atoms with Gasteiger partial charge in [0.25, 0.3) is 5.91 Å². The van der Waals surface area contributed by atoms with Gasteiger partial charge in [0.1, 0.15) is 11.4 Å². The van der Waals surface area contributed by atoms with Crippen molar-refractivity contribution in [2.24, 2.45) is 0 Å². The number of hydrogen-bond donors (Lipinski definition) is 1. The van der Waals surface area contributed by atoms with Crippen LogP contribution in [0, 0.1) is 0 Å². The number of H-pyrrole nitrogens is 1. The third-order valence-corrected chi connectivity index (χ3v) is 2.43. The highest BCUT2D eigenvalue weighted by molar-refractivity contribution is 6.30. The summed E-state index contributed by atoms with van der Waals surface area (Å²) in [5, 5.41) is 3.33. The molecule has 0 unspecified atom stereocenters. The van der Waals surface area contributed by atoms with E-state index in [1.165, 1.54) is 0 Å². The van der Waals surface area contributed by atoms with Crippen LogP contribution in [-0.2, 0) is 4.79 Å². The largest absolute Gasteiger partial charge is 0.484 e. The van der Waals surface area contributed by atoms with Crippen LogP contribution < -0.4 is 15.0 Å². The van der Waals surface area contributed by atoms with Gasteiger partial charge in [-0.25, -0.2) is 4.98 Å². The quantitative estimate of drug-likeness (QED) is 0.919. The second kappa shape index (κ2) is 6.02. The molecule has 18 heavy (non-hydrogen) atoms. The molecular weight excluding hydrogens is 252 g/mol.